The van der Waals surface area contributed by atoms with E-state index in [1.807, 2.05) is 12.4 Å². The van der Waals surface area contributed by atoms with Gasteiger partial charge in [0.1, 0.15) is 16.8 Å². The van der Waals surface area contributed by atoms with Gasteiger partial charge < -0.3 is 4.74 Å². The number of fused-ring (bicyclic) bond motifs is 11. The molecule has 3 aliphatic heterocycles. The van der Waals surface area contributed by atoms with Crippen molar-refractivity contribution in [1.29, 1.82) is 0 Å². The second-order valence-electron chi connectivity index (χ2n) is 11.6. The molecular weight excluding hydrogens is 518 g/mol. The van der Waals surface area contributed by atoms with Gasteiger partial charge in [0.2, 0.25) is 5.69 Å². The molecule has 0 fully saturated rings. The molecule has 42 heavy (non-hydrogen) atoms. The largest absolute Gasteiger partial charge is 0.422 e. The summed E-state index contributed by atoms with van der Waals surface area (Å²) in [5, 5.41) is 8.50. The summed E-state index contributed by atoms with van der Waals surface area (Å²) < 4.78 is 16.8. The molecule has 6 aromatic heterocycles. The molecule has 12 rings (SSSR count). The van der Waals surface area contributed by atoms with Gasteiger partial charge in [0.15, 0.2) is 11.0 Å². The summed E-state index contributed by atoms with van der Waals surface area (Å²) in [4.78, 5) is 4.60. The van der Waals surface area contributed by atoms with Gasteiger partial charge in [0, 0.05) is 56.8 Å². The number of pyridine rings is 4. The summed E-state index contributed by atoms with van der Waals surface area (Å²) >= 11 is 0. The topological polar surface area (TPSA) is 39.2 Å². The summed E-state index contributed by atoms with van der Waals surface area (Å²) in [6, 6.07) is 35.1. The third-order valence-corrected chi connectivity index (χ3v) is 9.96. The molecule has 3 aromatic carbocycles. The minimum absolute atomic E-state index is 0.706. The first kappa shape index (κ1) is 20.2. The molecule has 0 aliphatic carbocycles. The van der Waals surface area contributed by atoms with Crippen LogP contribution < -0.4 is 13.9 Å². The predicted octanol–water partition coefficient (Wildman–Crippen LogP) is 6.50. The van der Waals surface area contributed by atoms with Gasteiger partial charge in [-0.3, -0.25) is 4.98 Å². The Labute approximate surface area is 237 Å². The van der Waals surface area contributed by atoms with Crippen molar-refractivity contribution in [2.75, 3.05) is 0 Å². The molecule has 3 aliphatic rings. The van der Waals surface area contributed by atoms with E-state index in [0.29, 0.717) is 0 Å². The quantitative estimate of drug-likeness (QED) is 0.164. The molecule has 0 N–H and O–H groups in total. The Balaban J connectivity index is 1.48. The first-order chi connectivity index (χ1) is 20.9. The van der Waals surface area contributed by atoms with E-state index in [-0.39, 0.29) is 0 Å². The molecule has 0 saturated heterocycles. The summed E-state index contributed by atoms with van der Waals surface area (Å²) in [5.74, 6) is 2.86. The Morgan fingerprint density at radius 2 is 1.48 bits per heavy atom. The number of hydrogen-bond donors (Lipinski definition) is 0. The van der Waals surface area contributed by atoms with E-state index in [4.69, 9.17) is 4.74 Å². The molecule has 0 saturated carbocycles. The van der Waals surface area contributed by atoms with Gasteiger partial charge in [-0.25, -0.2) is 0 Å². The highest BCUT2D eigenvalue weighted by atomic mass is 16.5. The zero-order valence-corrected chi connectivity index (χ0v) is 22.1. The number of aromatic nitrogens is 5. The van der Waals surface area contributed by atoms with Gasteiger partial charge in [0.25, 0.3) is 11.7 Å². The maximum absolute atomic E-state index is 6.87. The zero-order valence-electron chi connectivity index (χ0n) is 22.1. The van der Waals surface area contributed by atoms with Crippen LogP contribution in [0.2, 0.25) is 0 Å². The van der Waals surface area contributed by atoms with Crippen molar-refractivity contribution < 1.29 is 13.9 Å². The Morgan fingerprint density at radius 3 is 2.43 bits per heavy atom. The lowest BCUT2D eigenvalue weighted by Gasteiger charge is -2.34. The maximum Gasteiger partial charge on any atom is 0.354 e. The Morgan fingerprint density at radius 1 is 0.667 bits per heavy atom. The van der Waals surface area contributed by atoms with Crippen molar-refractivity contribution in [3.05, 3.63) is 127 Å². The van der Waals surface area contributed by atoms with Crippen molar-refractivity contribution in [1.82, 2.24) is 14.0 Å². The molecule has 0 amide bonds. The first-order valence-electron chi connectivity index (χ1n) is 14.3. The normalized spacial score (nSPS) is 17.3. The van der Waals surface area contributed by atoms with Crippen LogP contribution in [-0.2, 0) is 5.66 Å². The van der Waals surface area contributed by atoms with Gasteiger partial charge in [-0.2, -0.15) is 13.5 Å². The van der Waals surface area contributed by atoms with Crippen molar-refractivity contribution in [3.8, 4) is 17.4 Å². The van der Waals surface area contributed by atoms with Crippen LogP contribution in [0.1, 0.15) is 11.3 Å². The van der Waals surface area contributed by atoms with E-state index in [0.717, 1.165) is 28.5 Å². The van der Waals surface area contributed by atoms with Crippen molar-refractivity contribution in [3.63, 3.8) is 0 Å². The van der Waals surface area contributed by atoms with Crippen LogP contribution in [0.5, 0.6) is 11.6 Å². The van der Waals surface area contributed by atoms with Gasteiger partial charge in [-0.05, 0) is 54.6 Å². The third-order valence-electron chi connectivity index (χ3n) is 9.96. The standard InChI is InChI=1S/C36H19N5O/c1-2-9-24-22(8-1)32-26-19-37-17-16-20(26)25-13-15-30-41-35(25)40(32)34(24)36(41)31-28(42-30)14-12-23-21-7-3-4-10-27(21)39(33(23)31)29-11-5-6-18-38(29)36/h1-19H/q+2. The Hall–Kier alpha value is -5.75. The van der Waals surface area contributed by atoms with E-state index in [1.54, 1.807) is 0 Å². The van der Waals surface area contributed by atoms with E-state index in [1.165, 1.54) is 60.1 Å². The SMILES string of the molecule is c1cc[n+]2c(c1)-n1c3ccccc3c3ccc4c(c31)C21c2c3ccccc3c3c5cnccc5c5ccc([n+]1c5n23)O4. The van der Waals surface area contributed by atoms with Crippen LogP contribution in [0.3, 0.4) is 0 Å². The fourth-order valence-electron chi connectivity index (χ4n) is 8.62. The molecule has 1 spiro atoms. The first-order valence-corrected chi connectivity index (χ1v) is 14.3. The van der Waals surface area contributed by atoms with Crippen molar-refractivity contribution in [2.45, 2.75) is 5.66 Å². The molecule has 9 heterocycles. The molecule has 9 aromatic rings. The molecular formula is C36H19N5O+2. The molecule has 0 bridgehead atoms. The lowest BCUT2D eigenvalue weighted by atomic mass is 9.87. The summed E-state index contributed by atoms with van der Waals surface area (Å²) in [5.41, 5.74) is 6.44. The molecule has 6 heteroatoms. The van der Waals surface area contributed by atoms with Crippen molar-refractivity contribution in [2.24, 2.45) is 0 Å². The zero-order chi connectivity index (χ0) is 26.9. The highest BCUT2D eigenvalue weighted by molar-refractivity contribution is 6.20. The van der Waals surface area contributed by atoms with Crippen molar-refractivity contribution >= 4 is 59.9 Å². The van der Waals surface area contributed by atoms with Crippen LogP contribution in [-0.4, -0.2) is 14.0 Å². The lowest BCUT2D eigenvalue weighted by molar-refractivity contribution is -0.958. The highest BCUT2D eigenvalue weighted by Gasteiger charge is 2.67. The number of nitrogens with zero attached hydrogens (tertiary/aromatic N) is 5. The van der Waals surface area contributed by atoms with E-state index < -0.39 is 5.66 Å². The van der Waals surface area contributed by atoms with Crippen LogP contribution >= 0.6 is 0 Å². The van der Waals surface area contributed by atoms with Gasteiger partial charge >= 0.3 is 11.3 Å². The maximum atomic E-state index is 6.87. The van der Waals surface area contributed by atoms with E-state index >= 15 is 0 Å². The van der Waals surface area contributed by atoms with E-state index in [2.05, 4.69) is 126 Å². The second-order valence-corrected chi connectivity index (χ2v) is 11.6. The second kappa shape index (κ2) is 6.26. The highest BCUT2D eigenvalue weighted by Crippen LogP contribution is 2.54. The molecule has 1 unspecified atom stereocenters. The number of hydrogen-bond acceptors (Lipinski definition) is 2. The van der Waals surface area contributed by atoms with Crippen LogP contribution in [0.4, 0.5) is 0 Å². The fourth-order valence-corrected chi connectivity index (χ4v) is 8.62. The minimum Gasteiger partial charge on any atom is -0.422 e. The van der Waals surface area contributed by atoms with Crippen LogP contribution in [0.15, 0.2) is 116 Å². The monoisotopic (exact) mass is 537 g/mol. The summed E-state index contributed by atoms with van der Waals surface area (Å²) in [6.45, 7) is 0. The predicted molar refractivity (Wildman–Crippen MR) is 161 cm³/mol. The molecule has 6 nitrogen and oxygen atoms in total. The third kappa shape index (κ3) is 1.82. The molecule has 0 radical (unpaired) electrons. The average Bonchev–Trinajstić information content (AvgIpc) is 3.68. The molecule has 192 valence electrons. The smallest absolute Gasteiger partial charge is 0.354 e. The lowest BCUT2D eigenvalue weighted by Crippen LogP contribution is -2.76. The van der Waals surface area contributed by atoms with Gasteiger partial charge in [0.05, 0.1) is 11.6 Å². The molecule has 1 atom stereocenters. The minimum atomic E-state index is -0.706. The Kier molecular flexibility index (Phi) is 3.01. The van der Waals surface area contributed by atoms with Crippen LogP contribution in [0, 0.1) is 0 Å². The number of benzene rings is 3. The summed E-state index contributed by atoms with van der Waals surface area (Å²) in [6.07, 6.45) is 6.18. The summed E-state index contributed by atoms with van der Waals surface area (Å²) in [7, 11) is 0. The van der Waals surface area contributed by atoms with Crippen LogP contribution in [0.25, 0.3) is 65.7 Å². The van der Waals surface area contributed by atoms with E-state index in [9.17, 15) is 0 Å². The number of para-hydroxylation sites is 1. The fraction of sp³-hybridized carbons (Fsp3) is 0.0278. The van der Waals surface area contributed by atoms with Gasteiger partial charge in [-0.15, -0.1) is 4.57 Å². The number of ether oxygens (including phenoxy) is 1. The average molecular weight is 538 g/mol. The Bertz CT molecular complexity index is 2790. The van der Waals surface area contributed by atoms with Gasteiger partial charge in [-0.1, -0.05) is 30.3 Å². The number of rotatable bonds is 0.